The molecule has 0 atom stereocenters. The summed E-state index contributed by atoms with van der Waals surface area (Å²) in [5.41, 5.74) is 3.01. The first-order valence-corrected chi connectivity index (χ1v) is 13.0. The van der Waals surface area contributed by atoms with Gasteiger partial charge in [-0.2, -0.15) is 0 Å². The molecule has 0 unspecified atom stereocenters. The normalized spacial score (nSPS) is 14.6. The predicted molar refractivity (Wildman–Crippen MR) is 151 cm³/mol. The minimum absolute atomic E-state index is 0.0805. The lowest BCUT2D eigenvalue weighted by atomic mass is 10.1. The van der Waals surface area contributed by atoms with E-state index in [1.807, 2.05) is 79.7 Å². The Bertz CT molecular complexity index is 1440. The Balaban J connectivity index is 1.34. The molecule has 4 aromatic rings. The molecule has 0 aliphatic carbocycles. The summed E-state index contributed by atoms with van der Waals surface area (Å²) in [5, 5.41) is 2.36. The zero-order chi connectivity index (χ0) is 24.9. The molecule has 5 rings (SSSR count). The number of nitrogens with zero attached hydrogens (tertiary/aromatic N) is 1. The molecule has 0 aromatic heterocycles. The first-order chi connectivity index (χ1) is 17.6. The van der Waals surface area contributed by atoms with Gasteiger partial charge >= 0.3 is 0 Å². The van der Waals surface area contributed by atoms with Gasteiger partial charge in [-0.1, -0.05) is 103 Å². The Hall–Kier alpha value is -3.61. The number of hydrogen-bond donors (Lipinski definition) is 0. The molecule has 1 fully saturated rings. The van der Waals surface area contributed by atoms with Crippen molar-refractivity contribution in [2.24, 2.45) is 0 Å². The van der Waals surface area contributed by atoms with E-state index in [-0.39, 0.29) is 5.91 Å². The Labute approximate surface area is 220 Å². The van der Waals surface area contributed by atoms with Gasteiger partial charge in [0, 0.05) is 0 Å². The van der Waals surface area contributed by atoms with Crippen LogP contribution in [0.5, 0.6) is 11.5 Å². The third-order valence-electron chi connectivity index (χ3n) is 5.89. The molecular weight excluding hydrogens is 486 g/mol. The predicted octanol–water partition coefficient (Wildman–Crippen LogP) is 7.22. The number of thiocarbonyl (C=S) groups is 1. The van der Waals surface area contributed by atoms with Gasteiger partial charge in [0.1, 0.15) is 10.9 Å². The molecule has 0 spiro atoms. The maximum absolute atomic E-state index is 13.1. The molecule has 0 saturated carbocycles. The summed E-state index contributed by atoms with van der Waals surface area (Å²) in [6.45, 7) is 3.34. The highest BCUT2D eigenvalue weighted by Gasteiger charge is 2.32. The molecule has 1 amide bonds. The zero-order valence-electron chi connectivity index (χ0n) is 19.8. The van der Waals surface area contributed by atoms with Crippen molar-refractivity contribution in [2.45, 2.75) is 20.1 Å². The SMILES string of the molecule is CCOc1cc(/C=C2/SC(=S)N(Cc3ccccc3)C2=O)ccc1OCc1cccc2ccccc12. The van der Waals surface area contributed by atoms with Gasteiger partial charge in [0.2, 0.25) is 0 Å². The van der Waals surface area contributed by atoms with E-state index in [4.69, 9.17) is 21.7 Å². The van der Waals surface area contributed by atoms with Crippen molar-refractivity contribution in [1.29, 1.82) is 0 Å². The average Bonchev–Trinajstić information content (AvgIpc) is 3.16. The molecule has 36 heavy (non-hydrogen) atoms. The van der Waals surface area contributed by atoms with Crippen molar-refractivity contribution < 1.29 is 14.3 Å². The van der Waals surface area contributed by atoms with E-state index in [1.54, 1.807) is 4.90 Å². The first kappa shape index (κ1) is 24.1. The Morgan fingerprint density at radius 2 is 1.67 bits per heavy atom. The lowest BCUT2D eigenvalue weighted by molar-refractivity contribution is -0.122. The summed E-state index contributed by atoms with van der Waals surface area (Å²) in [5.74, 6) is 1.23. The van der Waals surface area contributed by atoms with Crippen molar-refractivity contribution in [2.75, 3.05) is 6.61 Å². The summed E-state index contributed by atoms with van der Waals surface area (Å²) in [7, 11) is 0. The molecule has 4 nitrogen and oxygen atoms in total. The Morgan fingerprint density at radius 3 is 2.50 bits per heavy atom. The summed E-state index contributed by atoms with van der Waals surface area (Å²) >= 11 is 6.82. The van der Waals surface area contributed by atoms with Crippen LogP contribution < -0.4 is 9.47 Å². The third-order valence-corrected chi connectivity index (χ3v) is 7.26. The maximum Gasteiger partial charge on any atom is 0.266 e. The van der Waals surface area contributed by atoms with E-state index < -0.39 is 0 Å². The van der Waals surface area contributed by atoms with Gasteiger partial charge in [-0.05, 0) is 52.6 Å². The van der Waals surface area contributed by atoms with Crippen molar-refractivity contribution in [3.63, 3.8) is 0 Å². The topological polar surface area (TPSA) is 38.8 Å². The molecular formula is C30H25NO3S2. The fourth-order valence-electron chi connectivity index (χ4n) is 4.13. The number of amides is 1. The number of fused-ring (bicyclic) bond motifs is 1. The molecule has 180 valence electrons. The fourth-order valence-corrected chi connectivity index (χ4v) is 5.38. The van der Waals surface area contributed by atoms with Crippen LogP contribution in [0, 0.1) is 0 Å². The molecule has 1 aliphatic heterocycles. The number of benzene rings is 4. The quantitative estimate of drug-likeness (QED) is 0.184. The van der Waals surface area contributed by atoms with Crippen molar-refractivity contribution in [3.8, 4) is 11.5 Å². The van der Waals surface area contributed by atoms with Gasteiger partial charge in [0.25, 0.3) is 5.91 Å². The van der Waals surface area contributed by atoms with E-state index in [0.29, 0.717) is 40.5 Å². The van der Waals surface area contributed by atoms with Crippen LogP contribution in [0.4, 0.5) is 0 Å². The smallest absolute Gasteiger partial charge is 0.266 e. The number of ether oxygens (including phenoxy) is 2. The van der Waals surface area contributed by atoms with Gasteiger partial charge in [-0.25, -0.2) is 0 Å². The van der Waals surface area contributed by atoms with Crippen LogP contribution in [0.2, 0.25) is 0 Å². The van der Waals surface area contributed by atoms with Crippen LogP contribution in [-0.2, 0) is 17.9 Å². The van der Waals surface area contributed by atoms with Crippen LogP contribution in [0.25, 0.3) is 16.8 Å². The Kier molecular flexibility index (Phi) is 7.35. The minimum Gasteiger partial charge on any atom is -0.490 e. The number of thioether (sulfide) groups is 1. The summed E-state index contributed by atoms with van der Waals surface area (Å²) in [4.78, 5) is 15.3. The van der Waals surface area contributed by atoms with Crippen molar-refractivity contribution in [3.05, 3.63) is 113 Å². The molecule has 6 heteroatoms. The van der Waals surface area contributed by atoms with Crippen LogP contribution in [-0.4, -0.2) is 21.7 Å². The fraction of sp³-hybridized carbons (Fsp3) is 0.133. The highest BCUT2D eigenvalue weighted by Crippen LogP contribution is 2.36. The molecule has 0 N–H and O–H groups in total. The van der Waals surface area contributed by atoms with Gasteiger partial charge in [-0.15, -0.1) is 0 Å². The van der Waals surface area contributed by atoms with Crippen LogP contribution in [0.15, 0.2) is 95.9 Å². The van der Waals surface area contributed by atoms with E-state index in [0.717, 1.165) is 16.7 Å². The van der Waals surface area contributed by atoms with Gasteiger partial charge in [0.15, 0.2) is 11.5 Å². The van der Waals surface area contributed by atoms with Crippen LogP contribution in [0.3, 0.4) is 0 Å². The number of hydrogen-bond acceptors (Lipinski definition) is 5. The van der Waals surface area contributed by atoms with Gasteiger partial charge < -0.3 is 9.47 Å². The average molecular weight is 512 g/mol. The molecule has 4 aromatic carbocycles. The maximum atomic E-state index is 13.1. The number of carbonyl (C=O) groups excluding carboxylic acids is 1. The van der Waals surface area contributed by atoms with Crippen LogP contribution in [0.1, 0.15) is 23.6 Å². The van der Waals surface area contributed by atoms with E-state index in [2.05, 4.69) is 24.3 Å². The second-order valence-corrected chi connectivity index (χ2v) is 10.00. The third kappa shape index (κ3) is 5.30. The minimum atomic E-state index is -0.0805. The lowest BCUT2D eigenvalue weighted by Gasteiger charge is -2.14. The largest absolute Gasteiger partial charge is 0.490 e. The molecule has 1 heterocycles. The van der Waals surface area contributed by atoms with E-state index >= 15 is 0 Å². The van der Waals surface area contributed by atoms with Gasteiger partial charge in [-0.3, -0.25) is 9.69 Å². The summed E-state index contributed by atoms with van der Waals surface area (Å²) < 4.78 is 12.6. The number of rotatable bonds is 8. The van der Waals surface area contributed by atoms with Crippen LogP contribution >= 0.6 is 24.0 Å². The zero-order valence-corrected chi connectivity index (χ0v) is 21.5. The summed E-state index contributed by atoms with van der Waals surface area (Å²) in [6, 6.07) is 30.1. The molecule has 1 saturated heterocycles. The van der Waals surface area contributed by atoms with Gasteiger partial charge in [0.05, 0.1) is 18.1 Å². The second kappa shape index (κ2) is 11.0. The lowest BCUT2D eigenvalue weighted by Crippen LogP contribution is -2.27. The van der Waals surface area contributed by atoms with E-state index in [9.17, 15) is 4.79 Å². The van der Waals surface area contributed by atoms with E-state index in [1.165, 1.54) is 22.5 Å². The first-order valence-electron chi connectivity index (χ1n) is 11.8. The number of carbonyl (C=O) groups is 1. The van der Waals surface area contributed by atoms with Crippen molar-refractivity contribution >= 4 is 51.1 Å². The Morgan fingerprint density at radius 1 is 0.889 bits per heavy atom. The highest BCUT2D eigenvalue weighted by atomic mass is 32.2. The molecule has 0 bridgehead atoms. The van der Waals surface area contributed by atoms with Crippen molar-refractivity contribution in [1.82, 2.24) is 4.90 Å². The summed E-state index contributed by atoms with van der Waals surface area (Å²) in [6.07, 6.45) is 1.86. The monoisotopic (exact) mass is 511 g/mol. The molecule has 0 radical (unpaired) electrons. The standard InChI is InChI=1S/C30H25NO3S2/c1-2-33-27-17-22(18-28-29(32)31(30(35)36-28)19-21-9-4-3-5-10-21)15-16-26(27)34-20-24-13-8-12-23-11-6-7-14-25(23)24/h3-18H,2,19-20H2,1H3/b28-18+. The molecule has 1 aliphatic rings. The second-order valence-electron chi connectivity index (χ2n) is 8.32. The highest BCUT2D eigenvalue weighted by molar-refractivity contribution is 8.26.